The van der Waals surface area contributed by atoms with Gasteiger partial charge in [0.05, 0.1) is 18.1 Å². The Labute approximate surface area is 157 Å². The van der Waals surface area contributed by atoms with Crippen LogP contribution in [0.2, 0.25) is 0 Å². The fourth-order valence-corrected chi connectivity index (χ4v) is 3.73. The van der Waals surface area contributed by atoms with Gasteiger partial charge < -0.3 is 14.8 Å². The summed E-state index contributed by atoms with van der Waals surface area (Å²) in [6, 6.07) is 15.9. The van der Waals surface area contributed by atoms with Gasteiger partial charge in [0.25, 0.3) is 5.91 Å². The molecule has 0 saturated heterocycles. The molecule has 1 heterocycles. The summed E-state index contributed by atoms with van der Waals surface area (Å²) in [6.07, 6.45) is 0.739. The Morgan fingerprint density at radius 1 is 1.00 bits per heavy atom. The summed E-state index contributed by atoms with van der Waals surface area (Å²) in [5, 5.41) is 4.11. The van der Waals surface area contributed by atoms with Gasteiger partial charge >= 0.3 is 0 Å². The second kappa shape index (κ2) is 8.72. The monoisotopic (exact) mass is 369 g/mol. The van der Waals surface area contributed by atoms with Crippen LogP contribution in [0.25, 0.3) is 10.1 Å². The van der Waals surface area contributed by atoms with Crippen LogP contribution in [0.5, 0.6) is 11.5 Å². The van der Waals surface area contributed by atoms with Crippen LogP contribution < -0.4 is 14.8 Å². The van der Waals surface area contributed by atoms with E-state index in [1.54, 1.807) is 0 Å². The fourth-order valence-electron chi connectivity index (χ4n) is 2.75. The molecule has 2 aromatic carbocycles. The molecule has 0 bridgehead atoms. The van der Waals surface area contributed by atoms with Gasteiger partial charge in [-0.25, -0.2) is 0 Å². The van der Waals surface area contributed by atoms with E-state index in [-0.39, 0.29) is 5.91 Å². The Hall–Kier alpha value is -2.53. The van der Waals surface area contributed by atoms with Crippen LogP contribution in [0.15, 0.2) is 48.5 Å². The van der Waals surface area contributed by atoms with E-state index in [1.165, 1.54) is 11.3 Å². The maximum atomic E-state index is 12.4. The van der Waals surface area contributed by atoms with Crippen molar-refractivity contribution in [3.8, 4) is 11.5 Å². The highest BCUT2D eigenvalue weighted by atomic mass is 32.1. The molecule has 3 aromatic rings. The van der Waals surface area contributed by atoms with E-state index < -0.39 is 0 Å². The Morgan fingerprint density at radius 3 is 2.54 bits per heavy atom. The zero-order valence-corrected chi connectivity index (χ0v) is 15.9. The summed E-state index contributed by atoms with van der Waals surface area (Å²) in [5.74, 6) is 1.48. The zero-order valence-electron chi connectivity index (χ0n) is 15.1. The van der Waals surface area contributed by atoms with Gasteiger partial charge in [0, 0.05) is 11.2 Å². The lowest BCUT2D eigenvalue weighted by Crippen LogP contribution is -2.24. The maximum absolute atomic E-state index is 12.4. The van der Waals surface area contributed by atoms with Crippen LogP contribution >= 0.6 is 11.3 Å². The molecule has 0 fully saturated rings. The SMILES string of the molecule is CCOc1ccc(CCNC(=O)c2cc3ccccc3s2)cc1OCC. The molecular weight excluding hydrogens is 346 g/mol. The van der Waals surface area contributed by atoms with E-state index in [9.17, 15) is 4.79 Å². The van der Waals surface area contributed by atoms with Crippen LogP contribution in [0.3, 0.4) is 0 Å². The van der Waals surface area contributed by atoms with Gasteiger partial charge in [0.2, 0.25) is 0 Å². The first-order chi connectivity index (χ1) is 12.7. The highest BCUT2D eigenvalue weighted by Gasteiger charge is 2.10. The molecule has 1 N–H and O–H groups in total. The minimum absolute atomic E-state index is 0.0258. The van der Waals surface area contributed by atoms with E-state index in [1.807, 2.05) is 62.4 Å². The number of rotatable bonds is 8. The predicted octanol–water partition coefficient (Wildman–Crippen LogP) is 4.67. The molecule has 1 amide bonds. The largest absolute Gasteiger partial charge is 0.490 e. The van der Waals surface area contributed by atoms with Crippen molar-refractivity contribution in [2.75, 3.05) is 19.8 Å². The summed E-state index contributed by atoms with van der Waals surface area (Å²) in [7, 11) is 0. The Morgan fingerprint density at radius 2 is 1.77 bits per heavy atom. The Balaban J connectivity index is 1.60. The lowest BCUT2D eigenvalue weighted by atomic mass is 10.1. The fraction of sp³-hybridized carbons (Fsp3) is 0.286. The lowest BCUT2D eigenvalue weighted by Gasteiger charge is -2.12. The second-order valence-corrected chi connectivity index (χ2v) is 6.89. The number of benzene rings is 2. The average Bonchev–Trinajstić information content (AvgIpc) is 3.08. The summed E-state index contributed by atoms with van der Waals surface area (Å²) in [5.41, 5.74) is 1.11. The molecule has 4 nitrogen and oxygen atoms in total. The zero-order chi connectivity index (χ0) is 18.4. The van der Waals surface area contributed by atoms with Crippen molar-refractivity contribution >= 4 is 27.3 Å². The van der Waals surface area contributed by atoms with Crippen LogP contribution in [0, 0.1) is 0 Å². The van der Waals surface area contributed by atoms with Gasteiger partial charge in [0.1, 0.15) is 0 Å². The standard InChI is InChI=1S/C21H23NO3S/c1-3-24-17-10-9-15(13-18(17)25-4-2)11-12-22-21(23)20-14-16-7-5-6-8-19(16)26-20/h5-10,13-14H,3-4,11-12H2,1-2H3,(H,22,23). The number of fused-ring (bicyclic) bond motifs is 1. The maximum Gasteiger partial charge on any atom is 0.261 e. The molecule has 0 aliphatic rings. The van der Waals surface area contributed by atoms with Gasteiger partial charge in [-0.05, 0) is 55.5 Å². The number of carbonyl (C=O) groups is 1. The van der Waals surface area contributed by atoms with Crippen molar-refractivity contribution in [3.05, 3.63) is 59.0 Å². The van der Waals surface area contributed by atoms with E-state index in [0.717, 1.165) is 38.4 Å². The molecule has 0 unspecified atom stereocenters. The molecule has 3 rings (SSSR count). The smallest absolute Gasteiger partial charge is 0.261 e. The summed E-state index contributed by atoms with van der Waals surface area (Å²) in [6.45, 7) is 5.67. The Kier molecular flexibility index (Phi) is 6.12. The first-order valence-electron chi connectivity index (χ1n) is 8.86. The second-order valence-electron chi connectivity index (χ2n) is 5.80. The predicted molar refractivity (Wildman–Crippen MR) is 107 cm³/mol. The van der Waals surface area contributed by atoms with Crippen molar-refractivity contribution in [3.63, 3.8) is 0 Å². The Bertz CT molecular complexity index is 855. The topological polar surface area (TPSA) is 47.6 Å². The molecular formula is C21H23NO3S. The van der Waals surface area contributed by atoms with E-state index in [2.05, 4.69) is 5.32 Å². The van der Waals surface area contributed by atoms with Crippen LogP contribution in [0.1, 0.15) is 29.1 Å². The van der Waals surface area contributed by atoms with Gasteiger partial charge in [-0.15, -0.1) is 11.3 Å². The number of ether oxygens (including phenoxy) is 2. The molecule has 0 spiro atoms. The van der Waals surface area contributed by atoms with Gasteiger partial charge in [-0.1, -0.05) is 24.3 Å². The number of hydrogen-bond acceptors (Lipinski definition) is 4. The summed E-state index contributed by atoms with van der Waals surface area (Å²) < 4.78 is 12.4. The van der Waals surface area contributed by atoms with Gasteiger partial charge in [-0.3, -0.25) is 4.79 Å². The van der Waals surface area contributed by atoms with Crippen molar-refractivity contribution in [2.24, 2.45) is 0 Å². The lowest BCUT2D eigenvalue weighted by molar-refractivity contribution is 0.0958. The highest BCUT2D eigenvalue weighted by Crippen LogP contribution is 2.29. The third-order valence-corrected chi connectivity index (χ3v) is 5.07. The summed E-state index contributed by atoms with van der Waals surface area (Å²) in [4.78, 5) is 13.1. The molecule has 136 valence electrons. The average molecular weight is 369 g/mol. The van der Waals surface area contributed by atoms with Gasteiger partial charge in [-0.2, -0.15) is 0 Å². The van der Waals surface area contributed by atoms with Crippen LogP contribution in [0.4, 0.5) is 0 Å². The van der Waals surface area contributed by atoms with Crippen molar-refractivity contribution in [1.82, 2.24) is 5.32 Å². The van der Waals surface area contributed by atoms with Crippen LogP contribution in [-0.2, 0) is 6.42 Å². The van der Waals surface area contributed by atoms with Crippen molar-refractivity contribution < 1.29 is 14.3 Å². The van der Waals surface area contributed by atoms with E-state index in [0.29, 0.717) is 19.8 Å². The summed E-state index contributed by atoms with van der Waals surface area (Å²) >= 11 is 1.52. The third kappa shape index (κ3) is 4.35. The first-order valence-corrected chi connectivity index (χ1v) is 9.68. The number of nitrogens with one attached hydrogen (secondary N) is 1. The number of thiophene rings is 1. The molecule has 26 heavy (non-hydrogen) atoms. The van der Waals surface area contributed by atoms with Crippen molar-refractivity contribution in [2.45, 2.75) is 20.3 Å². The molecule has 1 aromatic heterocycles. The van der Waals surface area contributed by atoms with Gasteiger partial charge in [0.15, 0.2) is 11.5 Å². The third-order valence-electron chi connectivity index (χ3n) is 3.96. The number of carbonyl (C=O) groups excluding carboxylic acids is 1. The molecule has 5 heteroatoms. The normalized spacial score (nSPS) is 10.7. The highest BCUT2D eigenvalue weighted by molar-refractivity contribution is 7.20. The minimum Gasteiger partial charge on any atom is -0.490 e. The minimum atomic E-state index is -0.0258. The van der Waals surface area contributed by atoms with E-state index >= 15 is 0 Å². The molecule has 0 aliphatic heterocycles. The first kappa shape index (κ1) is 18.3. The molecule has 0 saturated carbocycles. The number of hydrogen-bond donors (Lipinski definition) is 1. The van der Waals surface area contributed by atoms with Crippen LogP contribution in [-0.4, -0.2) is 25.7 Å². The molecule has 0 aliphatic carbocycles. The number of amides is 1. The molecule has 0 radical (unpaired) electrons. The quantitative estimate of drug-likeness (QED) is 0.628. The van der Waals surface area contributed by atoms with Crippen molar-refractivity contribution in [1.29, 1.82) is 0 Å². The van der Waals surface area contributed by atoms with E-state index in [4.69, 9.17) is 9.47 Å². The molecule has 0 atom stereocenters.